The standard InChI is InChI=1S/C25H25N3O4/c1-16-23(17-7-3-2-4-8-17)32-25(31)28(16)18-11-13-27(14-12-18)24(30)22(29)20-15-26-21-10-6-5-9-19(20)21/h2-10,15-16,18,23,26H,11-14H2,1H3/t16-,23-/m0/s1. The van der Waals surface area contributed by atoms with Crippen LogP contribution in [0.15, 0.2) is 60.8 Å². The van der Waals surface area contributed by atoms with Gasteiger partial charge in [0.25, 0.3) is 11.7 Å². The molecule has 32 heavy (non-hydrogen) atoms. The van der Waals surface area contributed by atoms with Gasteiger partial charge in [-0.3, -0.25) is 14.5 Å². The number of amides is 2. The number of aromatic nitrogens is 1. The molecular weight excluding hydrogens is 406 g/mol. The van der Waals surface area contributed by atoms with Crippen LogP contribution in [0.1, 0.15) is 41.8 Å². The van der Waals surface area contributed by atoms with E-state index in [1.54, 1.807) is 16.0 Å². The second-order valence-electron chi connectivity index (χ2n) is 8.46. The highest BCUT2D eigenvalue weighted by Crippen LogP contribution is 2.35. The molecule has 164 valence electrons. The van der Waals surface area contributed by atoms with E-state index in [1.807, 2.05) is 61.5 Å². The molecule has 2 atom stereocenters. The Morgan fingerprint density at radius 1 is 1.00 bits per heavy atom. The molecule has 2 amide bonds. The molecule has 1 aromatic heterocycles. The fraction of sp³-hybridized carbons (Fsp3) is 0.320. The lowest BCUT2D eigenvalue weighted by Gasteiger charge is -2.37. The lowest BCUT2D eigenvalue weighted by Crippen LogP contribution is -2.50. The highest BCUT2D eigenvalue weighted by atomic mass is 16.6. The number of aromatic amines is 1. The van der Waals surface area contributed by atoms with Crippen LogP contribution in [0.5, 0.6) is 0 Å². The van der Waals surface area contributed by atoms with Gasteiger partial charge in [0.05, 0.1) is 11.6 Å². The summed E-state index contributed by atoms with van der Waals surface area (Å²) in [5.74, 6) is -0.994. The van der Waals surface area contributed by atoms with Gasteiger partial charge in [0.15, 0.2) is 0 Å². The monoisotopic (exact) mass is 431 g/mol. The van der Waals surface area contributed by atoms with Crippen LogP contribution >= 0.6 is 0 Å². The molecule has 0 spiro atoms. The predicted molar refractivity (Wildman–Crippen MR) is 119 cm³/mol. The topological polar surface area (TPSA) is 82.7 Å². The summed E-state index contributed by atoms with van der Waals surface area (Å²) in [6, 6.07) is 17.1. The van der Waals surface area contributed by atoms with Crippen LogP contribution in [-0.4, -0.2) is 57.7 Å². The maximum absolute atomic E-state index is 12.9. The van der Waals surface area contributed by atoms with Crippen molar-refractivity contribution in [2.45, 2.75) is 38.0 Å². The van der Waals surface area contributed by atoms with Crippen molar-refractivity contribution in [1.82, 2.24) is 14.8 Å². The van der Waals surface area contributed by atoms with Crippen LogP contribution in [-0.2, 0) is 9.53 Å². The summed E-state index contributed by atoms with van der Waals surface area (Å²) in [5, 5.41) is 0.751. The third-order valence-electron chi connectivity index (χ3n) is 6.62. The van der Waals surface area contributed by atoms with E-state index < -0.39 is 11.7 Å². The number of benzene rings is 2. The van der Waals surface area contributed by atoms with Gasteiger partial charge in [0.1, 0.15) is 6.10 Å². The number of nitrogens with zero attached hydrogens (tertiary/aromatic N) is 2. The number of rotatable bonds is 4. The van der Waals surface area contributed by atoms with Gasteiger partial charge in [0, 0.05) is 36.2 Å². The number of fused-ring (bicyclic) bond motifs is 1. The van der Waals surface area contributed by atoms with Crippen LogP contribution < -0.4 is 0 Å². The summed E-state index contributed by atoms with van der Waals surface area (Å²) in [6.07, 6.45) is 2.23. The van der Waals surface area contributed by atoms with Crippen molar-refractivity contribution in [3.05, 3.63) is 71.9 Å². The molecule has 1 N–H and O–H groups in total. The van der Waals surface area contributed by atoms with Gasteiger partial charge in [-0.2, -0.15) is 0 Å². The van der Waals surface area contributed by atoms with Crippen molar-refractivity contribution in [2.75, 3.05) is 13.1 Å². The lowest BCUT2D eigenvalue weighted by atomic mass is 9.98. The number of ketones is 1. The van der Waals surface area contributed by atoms with Crippen molar-refractivity contribution in [2.24, 2.45) is 0 Å². The first-order chi connectivity index (χ1) is 15.5. The number of hydrogen-bond donors (Lipinski definition) is 1. The highest BCUT2D eigenvalue weighted by Gasteiger charge is 2.44. The number of carbonyl (C=O) groups excluding carboxylic acids is 3. The molecule has 0 saturated carbocycles. The fourth-order valence-electron chi connectivity index (χ4n) is 4.92. The molecule has 3 heterocycles. The molecule has 0 bridgehead atoms. The van der Waals surface area contributed by atoms with E-state index in [4.69, 9.17) is 4.74 Å². The average molecular weight is 431 g/mol. The number of cyclic esters (lactones) is 1. The van der Waals surface area contributed by atoms with Crippen molar-refractivity contribution in [3.63, 3.8) is 0 Å². The lowest BCUT2D eigenvalue weighted by molar-refractivity contribution is -0.127. The molecule has 2 aliphatic rings. The number of nitrogens with one attached hydrogen (secondary N) is 1. The number of likely N-dealkylation sites (tertiary alicyclic amines) is 1. The third kappa shape index (κ3) is 3.43. The van der Waals surface area contributed by atoms with Crippen molar-refractivity contribution in [1.29, 1.82) is 0 Å². The Bertz CT molecular complexity index is 1160. The number of carbonyl (C=O) groups is 3. The largest absolute Gasteiger partial charge is 0.439 e. The summed E-state index contributed by atoms with van der Waals surface area (Å²) in [5.41, 5.74) is 2.21. The van der Waals surface area contributed by atoms with Gasteiger partial charge >= 0.3 is 6.09 Å². The summed E-state index contributed by atoms with van der Waals surface area (Å²) in [6.45, 7) is 2.87. The van der Waals surface area contributed by atoms with Gasteiger partial charge in [-0.05, 0) is 31.4 Å². The van der Waals surface area contributed by atoms with Gasteiger partial charge in [-0.15, -0.1) is 0 Å². The Morgan fingerprint density at radius 3 is 2.44 bits per heavy atom. The van der Waals surface area contributed by atoms with Crippen LogP contribution in [0.25, 0.3) is 10.9 Å². The molecule has 5 rings (SSSR count). The molecule has 0 aliphatic carbocycles. The van der Waals surface area contributed by atoms with Gasteiger partial charge in [-0.1, -0.05) is 48.5 Å². The van der Waals surface area contributed by atoms with Gasteiger partial charge in [0.2, 0.25) is 0 Å². The molecule has 0 unspecified atom stereocenters. The number of H-pyrrole nitrogens is 1. The Kier molecular flexibility index (Phi) is 5.17. The maximum Gasteiger partial charge on any atom is 0.411 e. The van der Waals surface area contributed by atoms with Crippen molar-refractivity contribution < 1.29 is 19.1 Å². The summed E-state index contributed by atoms with van der Waals surface area (Å²) < 4.78 is 5.68. The Balaban J connectivity index is 1.24. The average Bonchev–Trinajstić information content (AvgIpc) is 3.39. The second kappa shape index (κ2) is 8.15. The van der Waals surface area contributed by atoms with E-state index >= 15 is 0 Å². The maximum atomic E-state index is 12.9. The second-order valence-corrected chi connectivity index (χ2v) is 8.46. The van der Waals surface area contributed by atoms with Crippen molar-refractivity contribution >= 4 is 28.7 Å². The number of piperidine rings is 1. The molecule has 3 aromatic rings. The summed E-state index contributed by atoms with van der Waals surface area (Å²) >= 11 is 0. The molecule has 0 radical (unpaired) electrons. The molecule has 7 nitrogen and oxygen atoms in total. The Labute approximate surface area is 185 Å². The first-order valence-electron chi connectivity index (χ1n) is 11.0. The van der Waals surface area contributed by atoms with E-state index in [1.165, 1.54) is 0 Å². The van der Waals surface area contributed by atoms with E-state index in [0.29, 0.717) is 31.5 Å². The zero-order valence-corrected chi connectivity index (χ0v) is 17.9. The minimum absolute atomic E-state index is 0.0153. The van der Waals surface area contributed by atoms with E-state index in [2.05, 4.69) is 4.98 Å². The third-order valence-corrected chi connectivity index (χ3v) is 6.62. The minimum Gasteiger partial charge on any atom is -0.439 e. The van der Waals surface area contributed by atoms with Crippen LogP contribution in [0.4, 0.5) is 4.79 Å². The molecule has 7 heteroatoms. The minimum atomic E-state index is -0.501. The fourth-order valence-corrected chi connectivity index (χ4v) is 4.92. The highest BCUT2D eigenvalue weighted by molar-refractivity contribution is 6.44. The molecule has 2 saturated heterocycles. The first kappa shape index (κ1) is 20.3. The van der Waals surface area contributed by atoms with Gasteiger partial charge < -0.3 is 14.6 Å². The van der Waals surface area contributed by atoms with Crippen LogP contribution in [0, 0.1) is 0 Å². The van der Waals surface area contributed by atoms with Gasteiger partial charge in [-0.25, -0.2) is 4.79 Å². The van der Waals surface area contributed by atoms with Crippen molar-refractivity contribution in [3.8, 4) is 0 Å². The zero-order valence-electron chi connectivity index (χ0n) is 17.9. The predicted octanol–water partition coefficient (Wildman–Crippen LogP) is 3.92. The first-order valence-corrected chi connectivity index (χ1v) is 11.0. The Hall–Kier alpha value is -3.61. The molecule has 2 aliphatic heterocycles. The quantitative estimate of drug-likeness (QED) is 0.501. The van der Waals surface area contributed by atoms with E-state index in [9.17, 15) is 14.4 Å². The Morgan fingerprint density at radius 2 is 1.69 bits per heavy atom. The summed E-state index contributed by atoms with van der Waals surface area (Å²) in [7, 11) is 0. The summed E-state index contributed by atoms with van der Waals surface area (Å²) in [4.78, 5) is 44.8. The van der Waals surface area contributed by atoms with E-state index in [0.717, 1.165) is 16.5 Å². The normalized spacial score (nSPS) is 21.7. The number of hydrogen-bond acceptors (Lipinski definition) is 4. The number of Topliss-reactive ketones (excluding diaryl/α,β-unsaturated/α-hetero) is 1. The SMILES string of the molecule is C[C@H]1[C@@H](c2ccccc2)OC(=O)N1C1CCN(C(=O)C(=O)c2c[nH]c3ccccc23)CC1. The number of ether oxygens (including phenoxy) is 1. The molecule has 2 fully saturated rings. The molecular formula is C25H25N3O4. The smallest absolute Gasteiger partial charge is 0.411 e. The molecule has 2 aromatic carbocycles. The van der Waals surface area contributed by atoms with Crippen LogP contribution in [0.3, 0.4) is 0 Å². The van der Waals surface area contributed by atoms with Crippen LogP contribution in [0.2, 0.25) is 0 Å². The van der Waals surface area contributed by atoms with E-state index in [-0.39, 0.29) is 24.3 Å². The zero-order chi connectivity index (χ0) is 22.2. The number of para-hydroxylation sites is 1.